The van der Waals surface area contributed by atoms with Crippen molar-refractivity contribution < 1.29 is 4.79 Å². The Morgan fingerprint density at radius 3 is 2.70 bits per heavy atom. The van der Waals surface area contributed by atoms with Crippen LogP contribution in [0.2, 0.25) is 0 Å². The van der Waals surface area contributed by atoms with Gasteiger partial charge in [0.05, 0.1) is 10.6 Å². The van der Waals surface area contributed by atoms with E-state index < -0.39 is 0 Å². The molecule has 1 fully saturated rings. The molecule has 0 bridgehead atoms. The average molecular weight is 331 g/mol. The molecule has 5 nitrogen and oxygen atoms in total. The molecular weight excluding hydrogens is 310 g/mol. The topological polar surface area (TPSA) is 55.2 Å². The molecule has 23 heavy (non-hydrogen) atoms. The van der Waals surface area contributed by atoms with Gasteiger partial charge in [-0.2, -0.15) is 5.10 Å². The van der Waals surface area contributed by atoms with Crippen molar-refractivity contribution in [3.05, 3.63) is 50.1 Å². The number of likely N-dealkylation sites (tertiary alicyclic amines) is 1. The van der Waals surface area contributed by atoms with Gasteiger partial charge in [-0.05, 0) is 55.7 Å². The molecule has 0 radical (unpaired) electrons. The summed E-state index contributed by atoms with van der Waals surface area (Å²) in [6.07, 6.45) is 1.83. The van der Waals surface area contributed by atoms with Crippen LogP contribution in [-0.2, 0) is 6.54 Å². The molecule has 3 heterocycles. The van der Waals surface area contributed by atoms with Gasteiger partial charge in [0.25, 0.3) is 11.5 Å². The highest BCUT2D eigenvalue weighted by Gasteiger charge is 2.25. The third-order valence-corrected chi connectivity index (χ3v) is 5.31. The van der Waals surface area contributed by atoms with Crippen LogP contribution in [0.1, 0.15) is 33.8 Å². The van der Waals surface area contributed by atoms with Crippen LogP contribution in [0.4, 0.5) is 0 Å². The molecule has 6 heteroatoms. The lowest BCUT2D eigenvalue weighted by Crippen LogP contribution is -2.40. The van der Waals surface area contributed by atoms with Gasteiger partial charge >= 0.3 is 0 Å². The van der Waals surface area contributed by atoms with Gasteiger partial charge < -0.3 is 4.90 Å². The van der Waals surface area contributed by atoms with E-state index in [4.69, 9.17) is 0 Å². The van der Waals surface area contributed by atoms with Crippen LogP contribution in [0.25, 0.3) is 0 Å². The van der Waals surface area contributed by atoms with Crippen LogP contribution < -0.4 is 5.56 Å². The summed E-state index contributed by atoms with van der Waals surface area (Å²) in [5, 5.41) is 6.31. The Morgan fingerprint density at radius 2 is 2.04 bits per heavy atom. The monoisotopic (exact) mass is 331 g/mol. The second kappa shape index (κ2) is 6.66. The molecule has 1 aliphatic rings. The molecule has 0 unspecified atom stereocenters. The van der Waals surface area contributed by atoms with E-state index >= 15 is 0 Å². The number of carbonyl (C=O) groups excluding carboxylic acids is 1. The first kappa shape index (κ1) is 15.9. The molecule has 1 saturated heterocycles. The molecule has 0 spiro atoms. The normalized spacial score (nSPS) is 15.8. The average Bonchev–Trinajstić information content (AvgIpc) is 2.97. The van der Waals surface area contributed by atoms with Crippen molar-refractivity contribution in [3.63, 3.8) is 0 Å². The van der Waals surface area contributed by atoms with Crippen LogP contribution in [0.3, 0.4) is 0 Å². The fourth-order valence-corrected chi connectivity index (χ4v) is 3.81. The lowest BCUT2D eigenvalue weighted by molar-refractivity contribution is 0.0685. The predicted octanol–water partition coefficient (Wildman–Crippen LogP) is 2.47. The van der Waals surface area contributed by atoms with Crippen molar-refractivity contribution in [2.24, 2.45) is 5.92 Å². The zero-order chi connectivity index (χ0) is 16.4. The predicted molar refractivity (Wildman–Crippen MR) is 90.9 cm³/mol. The van der Waals surface area contributed by atoms with Crippen LogP contribution >= 0.6 is 11.3 Å². The number of hydrogen-bond acceptors (Lipinski definition) is 4. The van der Waals surface area contributed by atoms with Crippen LogP contribution in [0, 0.1) is 19.8 Å². The number of piperidine rings is 1. The highest BCUT2D eigenvalue weighted by atomic mass is 32.1. The standard InChI is InChI=1S/C17H21N3O2S/c1-12-9-15(23-11-12)17(22)19-7-5-14(6-8-19)10-20-16(21)4-3-13(2)18-20/h3-4,9,11,14H,5-8,10H2,1-2H3. The number of hydrogen-bond donors (Lipinski definition) is 0. The number of amides is 1. The van der Waals surface area contributed by atoms with Crippen LogP contribution in [0.5, 0.6) is 0 Å². The third-order valence-electron chi connectivity index (χ3n) is 4.27. The minimum atomic E-state index is -0.0526. The van der Waals surface area contributed by atoms with Gasteiger partial charge in [-0.15, -0.1) is 11.3 Å². The summed E-state index contributed by atoms with van der Waals surface area (Å²) in [6.45, 7) is 6.04. The molecule has 2 aromatic heterocycles. The van der Waals surface area contributed by atoms with Gasteiger partial charge in [-0.3, -0.25) is 9.59 Å². The summed E-state index contributed by atoms with van der Waals surface area (Å²) < 4.78 is 1.56. The van der Waals surface area contributed by atoms with Crippen molar-refractivity contribution in [2.75, 3.05) is 13.1 Å². The van der Waals surface area contributed by atoms with Gasteiger partial charge in [0.1, 0.15) is 0 Å². The molecule has 122 valence electrons. The largest absolute Gasteiger partial charge is 0.338 e. The number of aromatic nitrogens is 2. The summed E-state index contributed by atoms with van der Waals surface area (Å²) in [6, 6.07) is 5.26. The maximum absolute atomic E-state index is 12.4. The fourth-order valence-electron chi connectivity index (χ4n) is 2.94. The molecular formula is C17H21N3O2S. The maximum atomic E-state index is 12.4. The Kier molecular flexibility index (Phi) is 4.61. The summed E-state index contributed by atoms with van der Waals surface area (Å²) in [5.41, 5.74) is 1.94. The molecule has 0 N–H and O–H groups in total. The van der Waals surface area contributed by atoms with Crippen molar-refractivity contribution in [1.29, 1.82) is 0 Å². The first-order chi connectivity index (χ1) is 11.0. The molecule has 1 aliphatic heterocycles. The van der Waals surface area contributed by atoms with Crippen molar-refractivity contribution in [3.8, 4) is 0 Å². The molecule has 0 aromatic carbocycles. The molecule has 0 saturated carbocycles. The number of carbonyl (C=O) groups is 1. The number of rotatable bonds is 3. The van der Waals surface area contributed by atoms with Crippen molar-refractivity contribution in [2.45, 2.75) is 33.2 Å². The molecule has 2 aromatic rings. The van der Waals surface area contributed by atoms with Gasteiger partial charge in [-0.1, -0.05) is 0 Å². The zero-order valence-corrected chi connectivity index (χ0v) is 14.3. The lowest BCUT2D eigenvalue weighted by Gasteiger charge is -2.31. The fraction of sp³-hybridized carbons (Fsp3) is 0.471. The van der Waals surface area contributed by atoms with E-state index in [1.807, 2.05) is 30.2 Å². The number of nitrogens with zero attached hydrogens (tertiary/aromatic N) is 3. The molecule has 0 atom stereocenters. The quantitative estimate of drug-likeness (QED) is 0.868. The van der Waals surface area contributed by atoms with E-state index in [0.29, 0.717) is 12.5 Å². The van der Waals surface area contributed by atoms with Crippen LogP contribution in [0.15, 0.2) is 28.4 Å². The first-order valence-corrected chi connectivity index (χ1v) is 8.80. The van der Waals surface area contributed by atoms with Crippen molar-refractivity contribution in [1.82, 2.24) is 14.7 Å². The van der Waals surface area contributed by atoms with E-state index in [1.165, 1.54) is 11.3 Å². The first-order valence-electron chi connectivity index (χ1n) is 7.92. The second-order valence-electron chi connectivity index (χ2n) is 6.22. The van der Waals surface area contributed by atoms with Crippen LogP contribution in [-0.4, -0.2) is 33.7 Å². The van der Waals surface area contributed by atoms with Gasteiger partial charge in [0.15, 0.2) is 0 Å². The Bertz CT molecular complexity index is 757. The molecule has 1 amide bonds. The van der Waals surface area contributed by atoms with E-state index in [9.17, 15) is 9.59 Å². The smallest absolute Gasteiger partial charge is 0.266 e. The van der Waals surface area contributed by atoms with Gasteiger partial charge in [0.2, 0.25) is 0 Å². The number of thiophene rings is 1. The Morgan fingerprint density at radius 1 is 1.30 bits per heavy atom. The molecule has 3 rings (SSSR count). The summed E-state index contributed by atoms with van der Waals surface area (Å²) in [7, 11) is 0. The Labute approximate surface area is 139 Å². The number of aryl methyl sites for hydroxylation is 2. The zero-order valence-electron chi connectivity index (χ0n) is 13.5. The Balaban J connectivity index is 1.59. The summed E-state index contributed by atoms with van der Waals surface area (Å²) in [4.78, 5) is 27.0. The maximum Gasteiger partial charge on any atom is 0.266 e. The minimum Gasteiger partial charge on any atom is -0.338 e. The molecule has 0 aliphatic carbocycles. The van der Waals surface area contributed by atoms with Crippen molar-refractivity contribution >= 4 is 17.2 Å². The third kappa shape index (κ3) is 3.69. The minimum absolute atomic E-state index is 0.0526. The summed E-state index contributed by atoms with van der Waals surface area (Å²) in [5.74, 6) is 0.531. The van der Waals surface area contributed by atoms with E-state index in [2.05, 4.69) is 5.10 Å². The van der Waals surface area contributed by atoms with Gasteiger partial charge in [-0.25, -0.2) is 4.68 Å². The highest BCUT2D eigenvalue weighted by molar-refractivity contribution is 7.12. The SMILES string of the molecule is Cc1csc(C(=O)N2CCC(Cn3nc(C)ccc3=O)CC2)c1. The lowest BCUT2D eigenvalue weighted by atomic mass is 9.96. The highest BCUT2D eigenvalue weighted by Crippen LogP contribution is 2.22. The second-order valence-corrected chi connectivity index (χ2v) is 7.13. The van der Waals surface area contributed by atoms with E-state index in [1.54, 1.807) is 16.8 Å². The summed E-state index contributed by atoms with van der Waals surface area (Å²) >= 11 is 1.51. The Hall–Kier alpha value is -1.95. The van der Waals surface area contributed by atoms with E-state index in [0.717, 1.165) is 42.1 Å². The van der Waals surface area contributed by atoms with E-state index in [-0.39, 0.29) is 11.5 Å². The van der Waals surface area contributed by atoms with Gasteiger partial charge in [0, 0.05) is 25.7 Å².